The third-order valence-corrected chi connectivity index (χ3v) is 7.63. The molecule has 1 aromatic carbocycles. The third-order valence-electron chi connectivity index (χ3n) is 7.63. The van der Waals surface area contributed by atoms with Crippen LogP contribution in [0.25, 0.3) is 0 Å². The van der Waals surface area contributed by atoms with Crippen molar-refractivity contribution in [3.8, 4) is 0 Å². The molecular weight excluding hydrogens is 442 g/mol. The quantitative estimate of drug-likeness (QED) is 0.491. The highest BCUT2D eigenvalue weighted by molar-refractivity contribution is 5.95. The Kier molecular flexibility index (Phi) is 10.1. The van der Waals surface area contributed by atoms with Gasteiger partial charge in [-0.1, -0.05) is 51.7 Å². The number of piperazine rings is 1. The number of nitrogens with two attached hydrogens (primary N) is 1. The van der Waals surface area contributed by atoms with Gasteiger partial charge < -0.3 is 26.2 Å². The van der Waals surface area contributed by atoms with Crippen LogP contribution in [0.5, 0.6) is 0 Å². The van der Waals surface area contributed by atoms with Crippen LogP contribution >= 0.6 is 0 Å². The largest absolute Gasteiger partial charge is 0.344 e. The third kappa shape index (κ3) is 7.51. The van der Waals surface area contributed by atoms with Gasteiger partial charge in [0.2, 0.25) is 17.7 Å². The lowest BCUT2D eigenvalue weighted by molar-refractivity contribution is -0.138. The van der Waals surface area contributed by atoms with Crippen LogP contribution in [0.15, 0.2) is 24.3 Å². The fourth-order valence-corrected chi connectivity index (χ4v) is 5.07. The minimum absolute atomic E-state index is 0.0425. The van der Waals surface area contributed by atoms with Crippen molar-refractivity contribution in [2.75, 3.05) is 38.5 Å². The number of carbonyl (C=O) groups is 3. The first-order chi connectivity index (χ1) is 16.8. The van der Waals surface area contributed by atoms with E-state index in [9.17, 15) is 14.4 Å². The molecule has 2 aliphatic rings. The zero-order chi connectivity index (χ0) is 25.4. The minimum atomic E-state index is -0.630. The molecule has 4 N–H and O–H groups in total. The number of carbonyl (C=O) groups excluding carboxylic acids is 3. The molecule has 3 rings (SSSR count). The molecule has 35 heavy (non-hydrogen) atoms. The van der Waals surface area contributed by atoms with E-state index in [2.05, 4.69) is 15.5 Å². The Morgan fingerprint density at radius 1 is 1.00 bits per heavy atom. The van der Waals surface area contributed by atoms with Crippen molar-refractivity contribution in [3.63, 3.8) is 0 Å². The van der Waals surface area contributed by atoms with Crippen LogP contribution in [0.1, 0.15) is 70.3 Å². The number of anilines is 1. The highest BCUT2D eigenvalue weighted by Crippen LogP contribution is 2.26. The molecule has 1 saturated carbocycles. The van der Waals surface area contributed by atoms with Gasteiger partial charge in [0.15, 0.2) is 0 Å². The molecule has 1 heterocycles. The number of rotatable bonds is 8. The maximum atomic E-state index is 13.4. The Bertz CT molecular complexity index is 843. The minimum Gasteiger partial charge on any atom is -0.344 e. The molecule has 0 unspecified atom stereocenters. The number of likely N-dealkylation sites (N-methyl/N-ethyl adjacent to an activating group) is 1. The van der Waals surface area contributed by atoms with E-state index in [1.165, 1.54) is 12.8 Å². The average Bonchev–Trinajstić information content (AvgIpc) is 3.16. The fraction of sp³-hybridized carbons (Fsp3) is 0.667. The van der Waals surface area contributed by atoms with Gasteiger partial charge in [-0.05, 0) is 43.5 Å². The smallest absolute Gasteiger partial charge is 0.245 e. The zero-order valence-electron chi connectivity index (χ0n) is 21.6. The normalized spacial score (nSPS) is 20.4. The number of hydrogen-bond acceptors (Lipinski definition) is 5. The molecule has 0 radical (unpaired) electrons. The first kappa shape index (κ1) is 27.1. The molecule has 1 saturated heterocycles. The summed E-state index contributed by atoms with van der Waals surface area (Å²) in [7, 11) is 2.05. The zero-order valence-corrected chi connectivity index (χ0v) is 21.6. The Morgan fingerprint density at radius 2 is 1.60 bits per heavy atom. The Labute approximate surface area is 210 Å². The van der Waals surface area contributed by atoms with Crippen molar-refractivity contribution in [3.05, 3.63) is 29.8 Å². The summed E-state index contributed by atoms with van der Waals surface area (Å²) >= 11 is 0. The number of benzene rings is 1. The SMILES string of the molecule is CCC(=O)N[C@@H](C(=O)N1CCN(C)CC1)[C@@H](C)c1ccc(NC(=O)[C@@H](N)C2CCCCCC2)cc1. The molecule has 2 fully saturated rings. The van der Waals surface area contributed by atoms with Gasteiger partial charge in [0.05, 0.1) is 6.04 Å². The van der Waals surface area contributed by atoms with Gasteiger partial charge in [-0.2, -0.15) is 0 Å². The summed E-state index contributed by atoms with van der Waals surface area (Å²) in [5.74, 6) is -0.299. The fourth-order valence-electron chi connectivity index (χ4n) is 5.07. The average molecular weight is 486 g/mol. The Balaban J connectivity index is 1.66. The summed E-state index contributed by atoms with van der Waals surface area (Å²) in [6, 6.07) is 6.40. The van der Waals surface area contributed by atoms with E-state index < -0.39 is 12.1 Å². The molecule has 8 nitrogen and oxygen atoms in total. The second kappa shape index (κ2) is 13.0. The van der Waals surface area contributed by atoms with E-state index in [1.54, 1.807) is 6.92 Å². The number of amides is 3. The highest BCUT2D eigenvalue weighted by atomic mass is 16.2. The van der Waals surface area contributed by atoms with Crippen molar-refractivity contribution in [1.82, 2.24) is 15.1 Å². The van der Waals surface area contributed by atoms with Gasteiger partial charge in [0.25, 0.3) is 0 Å². The molecule has 1 aliphatic heterocycles. The van der Waals surface area contributed by atoms with Gasteiger partial charge in [-0.15, -0.1) is 0 Å². The molecule has 0 aromatic heterocycles. The highest BCUT2D eigenvalue weighted by Gasteiger charge is 2.32. The molecule has 0 spiro atoms. The van der Waals surface area contributed by atoms with E-state index in [4.69, 9.17) is 5.73 Å². The van der Waals surface area contributed by atoms with Crippen LogP contribution in [0.2, 0.25) is 0 Å². The topological polar surface area (TPSA) is 108 Å². The van der Waals surface area contributed by atoms with Crippen LogP contribution in [0.3, 0.4) is 0 Å². The second-order valence-electron chi connectivity index (χ2n) is 10.2. The molecular formula is C27H43N5O3. The van der Waals surface area contributed by atoms with Crippen LogP contribution in [0, 0.1) is 5.92 Å². The van der Waals surface area contributed by atoms with E-state index in [0.29, 0.717) is 25.2 Å². The van der Waals surface area contributed by atoms with Crippen molar-refractivity contribution in [2.45, 2.75) is 76.8 Å². The van der Waals surface area contributed by atoms with Gasteiger partial charge in [-0.3, -0.25) is 14.4 Å². The predicted molar refractivity (Wildman–Crippen MR) is 139 cm³/mol. The lowest BCUT2D eigenvalue weighted by Gasteiger charge is -2.36. The molecule has 0 bridgehead atoms. The molecule has 194 valence electrons. The monoisotopic (exact) mass is 485 g/mol. The summed E-state index contributed by atoms with van der Waals surface area (Å²) < 4.78 is 0. The van der Waals surface area contributed by atoms with Crippen LogP contribution < -0.4 is 16.4 Å². The summed E-state index contributed by atoms with van der Waals surface area (Å²) in [5, 5.41) is 5.91. The van der Waals surface area contributed by atoms with E-state index in [-0.39, 0.29) is 29.6 Å². The van der Waals surface area contributed by atoms with Crippen LogP contribution in [-0.4, -0.2) is 72.8 Å². The summed E-state index contributed by atoms with van der Waals surface area (Å²) in [5.41, 5.74) is 7.92. The van der Waals surface area contributed by atoms with Crippen LogP contribution in [-0.2, 0) is 14.4 Å². The van der Waals surface area contributed by atoms with Gasteiger partial charge in [0.1, 0.15) is 6.04 Å². The summed E-state index contributed by atoms with van der Waals surface area (Å²) in [6.07, 6.45) is 7.07. The van der Waals surface area contributed by atoms with Gasteiger partial charge >= 0.3 is 0 Å². The Hall–Kier alpha value is -2.45. The van der Waals surface area contributed by atoms with Gasteiger partial charge in [0, 0.05) is 44.2 Å². The maximum Gasteiger partial charge on any atom is 0.245 e. The summed E-state index contributed by atoms with van der Waals surface area (Å²) in [4.78, 5) is 42.4. The second-order valence-corrected chi connectivity index (χ2v) is 10.2. The lowest BCUT2D eigenvalue weighted by Crippen LogP contribution is -2.55. The van der Waals surface area contributed by atoms with E-state index in [1.807, 2.05) is 43.1 Å². The van der Waals surface area contributed by atoms with Crippen LogP contribution in [0.4, 0.5) is 5.69 Å². The van der Waals surface area contributed by atoms with Crippen molar-refractivity contribution in [2.24, 2.45) is 11.7 Å². The Morgan fingerprint density at radius 3 is 2.17 bits per heavy atom. The first-order valence-electron chi connectivity index (χ1n) is 13.2. The molecule has 8 heteroatoms. The summed E-state index contributed by atoms with van der Waals surface area (Å²) in [6.45, 7) is 6.72. The standard InChI is InChI=1S/C27H43N5O3/c1-4-23(33)30-25(27(35)32-17-15-31(3)16-18-32)19(2)20-11-13-22(14-12-20)29-26(34)24(28)21-9-7-5-6-8-10-21/h11-14,19,21,24-25H,4-10,15-18,28H2,1-3H3,(H,29,34)(H,30,33)/t19-,24-,25+/m0/s1. The van der Waals surface area contributed by atoms with Crippen molar-refractivity contribution in [1.29, 1.82) is 0 Å². The number of nitrogens with zero attached hydrogens (tertiary/aromatic N) is 2. The molecule has 3 amide bonds. The molecule has 3 atom stereocenters. The lowest BCUT2D eigenvalue weighted by atomic mass is 9.91. The van der Waals surface area contributed by atoms with E-state index >= 15 is 0 Å². The van der Waals surface area contributed by atoms with Gasteiger partial charge in [-0.25, -0.2) is 0 Å². The first-order valence-corrected chi connectivity index (χ1v) is 13.2. The van der Waals surface area contributed by atoms with E-state index in [0.717, 1.165) is 44.3 Å². The van der Waals surface area contributed by atoms with Crippen molar-refractivity contribution >= 4 is 23.4 Å². The number of hydrogen-bond donors (Lipinski definition) is 3. The number of nitrogens with one attached hydrogen (secondary N) is 2. The predicted octanol–water partition coefficient (Wildman–Crippen LogP) is 2.70. The maximum absolute atomic E-state index is 13.4. The van der Waals surface area contributed by atoms with Crippen molar-refractivity contribution < 1.29 is 14.4 Å². The molecule has 1 aromatic rings. The molecule has 1 aliphatic carbocycles.